The molecule has 4 nitrogen and oxygen atoms in total. The van der Waals surface area contributed by atoms with Crippen molar-refractivity contribution in [2.75, 3.05) is 19.0 Å². The molecule has 0 aliphatic carbocycles. The molecule has 1 atom stereocenters. The number of benzene rings is 1. The quantitative estimate of drug-likeness (QED) is 0.877. The summed E-state index contributed by atoms with van der Waals surface area (Å²) >= 11 is 0. The summed E-state index contributed by atoms with van der Waals surface area (Å²) < 4.78 is 2.05. The molecule has 2 aromatic rings. The van der Waals surface area contributed by atoms with Crippen LogP contribution in [0.4, 0.5) is 5.69 Å². The molecule has 0 saturated heterocycles. The van der Waals surface area contributed by atoms with E-state index in [2.05, 4.69) is 58.0 Å². The van der Waals surface area contributed by atoms with Crippen molar-refractivity contribution in [3.63, 3.8) is 0 Å². The van der Waals surface area contributed by atoms with Gasteiger partial charge >= 0.3 is 0 Å². The van der Waals surface area contributed by atoms with E-state index < -0.39 is 0 Å². The molecule has 0 fully saturated rings. The highest BCUT2D eigenvalue weighted by Gasteiger charge is 2.08. The van der Waals surface area contributed by atoms with E-state index >= 15 is 0 Å². The van der Waals surface area contributed by atoms with Gasteiger partial charge in [0.2, 0.25) is 0 Å². The van der Waals surface area contributed by atoms with Gasteiger partial charge in [0.05, 0.1) is 6.54 Å². The van der Waals surface area contributed by atoms with E-state index in [-0.39, 0.29) is 0 Å². The molecule has 1 heterocycles. The fraction of sp³-hybridized carbons (Fsp3) is 0.438. The van der Waals surface area contributed by atoms with Crippen LogP contribution in [0.2, 0.25) is 0 Å². The van der Waals surface area contributed by atoms with Crippen LogP contribution in [0.15, 0.2) is 36.7 Å². The first kappa shape index (κ1) is 14.6. The van der Waals surface area contributed by atoms with Crippen molar-refractivity contribution < 1.29 is 0 Å². The molecule has 0 radical (unpaired) electrons. The maximum atomic E-state index is 4.36. The summed E-state index contributed by atoms with van der Waals surface area (Å²) in [6, 6.07) is 9.20. The normalized spacial score (nSPS) is 12.4. The molecular weight excluding hydrogens is 248 g/mol. The SMILES string of the molecule is CCC(NC)c1ccc(N(C)Cc2nccn2C)cc1. The minimum atomic E-state index is 0.434. The van der Waals surface area contributed by atoms with Crippen LogP contribution in [0, 0.1) is 0 Å². The number of hydrogen-bond acceptors (Lipinski definition) is 3. The van der Waals surface area contributed by atoms with Gasteiger partial charge in [-0.25, -0.2) is 4.98 Å². The topological polar surface area (TPSA) is 33.1 Å². The van der Waals surface area contributed by atoms with E-state index in [1.165, 1.54) is 11.3 Å². The van der Waals surface area contributed by atoms with Crippen molar-refractivity contribution in [2.24, 2.45) is 7.05 Å². The third-order valence-electron chi connectivity index (χ3n) is 3.79. The molecule has 0 amide bonds. The molecule has 0 saturated carbocycles. The Kier molecular flexibility index (Phi) is 4.79. The van der Waals surface area contributed by atoms with Crippen LogP contribution >= 0.6 is 0 Å². The average Bonchev–Trinajstić information content (AvgIpc) is 2.86. The van der Waals surface area contributed by atoms with E-state index in [1.807, 2.05) is 26.5 Å². The van der Waals surface area contributed by atoms with Gasteiger partial charge in [0.25, 0.3) is 0 Å². The van der Waals surface area contributed by atoms with E-state index in [1.54, 1.807) is 0 Å². The molecule has 2 rings (SSSR count). The van der Waals surface area contributed by atoms with Crippen molar-refractivity contribution in [3.8, 4) is 0 Å². The third kappa shape index (κ3) is 3.20. The second-order valence-corrected chi connectivity index (χ2v) is 5.15. The van der Waals surface area contributed by atoms with Crippen LogP contribution < -0.4 is 10.2 Å². The molecule has 1 N–H and O–H groups in total. The van der Waals surface area contributed by atoms with Gasteiger partial charge in [-0.05, 0) is 31.2 Å². The second kappa shape index (κ2) is 6.57. The highest BCUT2D eigenvalue weighted by atomic mass is 15.2. The molecule has 4 heteroatoms. The van der Waals surface area contributed by atoms with Gasteiger partial charge in [0, 0.05) is 38.2 Å². The fourth-order valence-corrected chi connectivity index (χ4v) is 2.42. The zero-order valence-electron chi connectivity index (χ0n) is 12.8. The van der Waals surface area contributed by atoms with Crippen LogP contribution in [0.3, 0.4) is 0 Å². The Morgan fingerprint density at radius 1 is 1.30 bits per heavy atom. The van der Waals surface area contributed by atoms with Crippen molar-refractivity contribution in [3.05, 3.63) is 48.0 Å². The van der Waals surface area contributed by atoms with Gasteiger partial charge in [0.1, 0.15) is 5.82 Å². The molecule has 1 unspecified atom stereocenters. The minimum Gasteiger partial charge on any atom is -0.367 e. The lowest BCUT2D eigenvalue weighted by molar-refractivity contribution is 0.577. The number of imidazole rings is 1. The third-order valence-corrected chi connectivity index (χ3v) is 3.79. The van der Waals surface area contributed by atoms with Crippen LogP contribution in [0.25, 0.3) is 0 Å². The summed E-state index contributed by atoms with van der Waals surface area (Å²) in [6.45, 7) is 3.01. The first-order valence-electron chi connectivity index (χ1n) is 7.10. The highest BCUT2D eigenvalue weighted by molar-refractivity contribution is 5.47. The summed E-state index contributed by atoms with van der Waals surface area (Å²) in [4.78, 5) is 6.58. The lowest BCUT2D eigenvalue weighted by Gasteiger charge is -2.20. The van der Waals surface area contributed by atoms with Crippen molar-refractivity contribution >= 4 is 5.69 Å². The lowest BCUT2D eigenvalue weighted by Crippen LogP contribution is -2.19. The Labute approximate surface area is 121 Å². The Hall–Kier alpha value is -1.81. The average molecular weight is 272 g/mol. The molecule has 1 aromatic carbocycles. The van der Waals surface area contributed by atoms with E-state index in [0.29, 0.717) is 6.04 Å². The van der Waals surface area contributed by atoms with Crippen LogP contribution in [0.1, 0.15) is 30.8 Å². The zero-order chi connectivity index (χ0) is 14.5. The number of aryl methyl sites for hydroxylation is 1. The largest absolute Gasteiger partial charge is 0.367 e. The van der Waals surface area contributed by atoms with Crippen molar-refractivity contribution in [1.82, 2.24) is 14.9 Å². The maximum Gasteiger partial charge on any atom is 0.127 e. The van der Waals surface area contributed by atoms with Gasteiger partial charge in [-0.1, -0.05) is 19.1 Å². The smallest absolute Gasteiger partial charge is 0.127 e. The summed E-state index contributed by atoms with van der Waals surface area (Å²) in [7, 11) is 6.13. The minimum absolute atomic E-state index is 0.434. The van der Waals surface area contributed by atoms with Crippen molar-refractivity contribution in [2.45, 2.75) is 25.9 Å². The summed E-state index contributed by atoms with van der Waals surface area (Å²) in [6.07, 6.45) is 4.91. The Morgan fingerprint density at radius 3 is 2.50 bits per heavy atom. The maximum absolute atomic E-state index is 4.36. The Balaban J connectivity index is 2.07. The van der Waals surface area contributed by atoms with Gasteiger partial charge in [-0.15, -0.1) is 0 Å². The molecule has 108 valence electrons. The standard InChI is InChI=1S/C16H24N4/c1-5-15(17-2)13-6-8-14(9-7-13)20(4)12-16-18-10-11-19(16)3/h6-11,15,17H,5,12H2,1-4H3. The monoisotopic (exact) mass is 272 g/mol. The van der Waals surface area contributed by atoms with E-state index in [4.69, 9.17) is 0 Å². The number of hydrogen-bond donors (Lipinski definition) is 1. The number of nitrogens with zero attached hydrogens (tertiary/aromatic N) is 3. The summed E-state index contributed by atoms with van der Waals surface area (Å²) in [5.74, 6) is 1.07. The van der Waals surface area contributed by atoms with Crippen LogP contribution in [0.5, 0.6) is 0 Å². The van der Waals surface area contributed by atoms with Gasteiger partial charge in [0.15, 0.2) is 0 Å². The predicted molar refractivity (Wildman–Crippen MR) is 83.8 cm³/mol. The molecule has 0 bridgehead atoms. The van der Waals surface area contributed by atoms with Gasteiger partial charge in [-0.3, -0.25) is 0 Å². The van der Waals surface area contributed by atoms with Gasteiger partial charge < -0.3 is 14.8 Å². The molecule has 0 spiro atoms. The first-order valence-corrected chi connectivity index (χ1v) is 7.10. The zero-order valence-corrected chi connectivity index (χ0v) is 12.8. The predicted octanol–water partition coefficient (Wildman–Crippen LogP) is 2.73. The van der Waals surface area contributed by atoms with E-state index in [9.17, 15) is 0 Å². The van der Waals surface area contributed by atoms with Crippen LogP contribution in [-0.4, -0.2) is 23.6 Å². The fourth-order valence-electron chi connectivity index (χ4n) is 2.42. The molecule has 1 aromatic heterocycles. The molecule has 0 aliphatic rings. The number of anilines is 1. The molecular formula is C16H24N4. The highest BCUT2D eigenvalue weighted by Crippen LogP contribution is 2.21. The number of aromatic nitrogens is 2. The Bertz CT molecular complexity index is 526. The Morgan fingerprint density at radius 2 is 2.00 bits per heavy atom. The second-order valence-electron chi connectivity index (χ2n) is 5.15. The first-order chi connectivity index (χ1) is 9.65. The van der Waals surface area contributed by atoms with E-state index in [0.717, 1.165) is 18.8 Å². The van der Waals surface area contributed by atoms with Crippen molar-refractivity contribution in [1.29, 1.82) is 0 Å². The summed E-state index contributed by atoms with van der Waals surface area (Å²) in [5.41, 5.74) is 2.55. The lowest BCUT2D eigenvalue weighted by atomic mass is 10.0. The van der Waals surface area contributed by atoms with Gasteiger partial charge in [-0.2, -0.15) is 0 Å². The number of nitrogens with one attached hydrogen (secondary N) is 1. The van der Waals surface area contributed by atoms with Crippen LogP contribution in [-0.2, 0) is 13.6 Å². The summed E-state index contributed by atoms with van der Waals surface area (Å²) in [5, 5.41) is 3.33. The molecule has 0 aliphatic heterocycles. The number of rotatable bonds is 6. The molecule has 20 heavy (non-hydrogen) atoms.